The molecule has 0 aliphatic heterocycles. The minimum Gasteiger partial charge on any atom is -0.496 e. The maximum absolute atomic E-state index is 12.1. The van der Waals surface area contributed by atoms with Crippen LogP contribution in [0.4, 0.5) is 0 Å². The smallest absolute Gasteiger partial charge is 0.341 e. The number of hydrogen-bond acceptors (Lipinski definition) is 5. The normalized spacial score (nSPS) is 10.0. The molecular formula is C16H15ClN2O4. The molecule has 0 bridgehead atoms. The van der Waals surface area contributed by atoms with E-state index in [9.17, 15) is 9.59 Å². The van der Waals surface area contributed by atoms with Crippen LogP contribution in [0.25, 0.3) is 0 Å². The summed E-state index contributed by atoms with van der Waals surface area (Å²) in [7, 11) is 2.76. The number of esters is 1. The van der Waals surface area contributed by atoms with Crippen LogP contribution < -0.4 is 10.1 Å². The molecule has 1 aromatic heterocycles. The van der Waals surface area contributed by atoms with Gasteiger partial charge in [-0.1, -0.05) is 17.7 Å². The van der Waals surface area contributed by atoms with Crippen molar-refractivity contribution in [2.24, 2.45) is 0 Å². The molecule has 1 amide bonds. The molecule has 0 saturated heterocycles. The molecule has 1 N–H and O–H groups in total. The molecule has 0 aliphatic rings. The number of halogens is 1. The molecule has 2 aromatic rings. The maximum atomic E-state index is 12.1. The summed E-state index contributed by atoms with van der Waals surface area (Å²) in [6, 6.07) is 8.21. The Morgan fingerprint density at radius 3 is 2.65 bits per heavy atom. The van der Waals surface area contributed by atoms with Gasteiger partial charge in [0.1, 0.15) is 16.5 Å². The minimum absolute atomic E-state index is 0.134. The number of aromatic nitrogens is 1. The number of methoxy groups -OCH3 is 2. The Morgan fingerprint density at radius 1 is 1.22 bits per heavy atom. The molecule has 0 atom stereocenters. The second-order valence-electron chi connectivity index (χ2n) is 4.55. The molecule has 0 unspecified atom stereocenters. The summed E-state index contributed by atoms with van der Waals surface area (Å²) in [5.74, 6) is -0.453. The van der Waals surface area contributed by atoms with Gasteiger partial charge in [0.05, 0.1) is 19.8 Å². The van der Waals surface area contributed by atoms with Gasteiger partial charge in [0.15, 0.2) is 0 Å². The number of nitrogens with zero attached hydrogens (tertiary/aromatic N) is 1. The number of pyridine rings is 1. The Bertz CT molecular complexity index is 734. The average Bonchev–Trinajstić information content (AvgIpc) is 2.59. The van der Waals surface area contributed by atoms with Crippen molar-refractivity contribution >= 4 is 23.5 Å². The number of carbonyl (C=O) groups excluding carboxylic acids is 2. The highest BCUT2D eigenvalue weighted by Gasteiger charge is 2.14. The summed E-state index contributed by atoms with van der Waals surface area (Å²) in [5, 5.41) is 2.86. The van der Waals surface area contributed by atoms with Gasteiger partial charge in [0.2, 0.25) is 0 Å². The lowest BCUT2D eigenvalue weighted by Gasteiger charge is -2.10. The third-order valence-electron chi connectivity index (χ3n) is 3.13. The van der Waals surface area contributed by atoms with Gasteiger partial charge in [-0.3, -0.25) is 4.79 Å². The molecule has 120 valence electrons. The van der Waals surface area contributed by atoms with Crippen LogP contribution in [-0.2, 0) is 11.3 Å². The van der Waals surface area contributed by atoms with Gasteiger partial charge in [-0.25, -0.2) is 9.78 Å². The quantitative estimate of drug-likeness (QED) is 0.671. The summed E-state index contributed by atoms with van der Waals surface area (Å²) in [5.41, 5.74) is 1.30. The lowest BCUT2D eigenvalue weighted by atomic mass is 10.1. The Kier molecular flexibility index (Phi) is 5.54. The van der Waals surface area contributed by atoms with Crippen molar-refractivity contribution in [1.29, 1.82) is 0 Å². The second-order valence-corrected chi connectivity index (χ2v) is 4.91. The lowest BCUT2D eigenvalue weighted by Crippen LogP contribution is -2.23. The molecule has 0 radical (unpaired) electrons. The van der Waals surface area contributed by atoms with Crippen molar-refractivity contribution in [3.63, 3.8) is 0 Å². The van der Waals surface area contributed by atoms with Crippen molar-refractivity contribution < 1.29 is 19.1 Å². The molecule has 7 heteroatoms. The van der Waals surface area contributed by atoms with Crippen molar-refractivity contribution in [1.82, 2.24) is 10.3 Å². The Balaban J connectivity index is 2.13. The molecule has 2 rings (SSSR count). The number of rotatable bonds is 5. The monoisotopic (exact) mass is 334 g/mol. The number of carbonyl (C=O) groups is 2. The molecule has 0 spiro atoms. The summed E-state index contributed by atoms with van der Waals surface area (Å²) in [6.07, 6.45) is 1.51. The fourth-order valence-electron chi connectivity index (χ4n) is 1.97. The van der Waals surface area contributed by atoms with Crippen molar-refractivity contribution in [2.45, 2.75) is 6.54 Å². The van der Waals surface area contributed by atoms with Crippen LogP contribution in [-0.4, -0.2) is 31.1 Å². The van der Waals surface area contributed by atoms with E-state index < -0.39 is 5.97 Å². The van der Waals surface area contributed by atoms with Crippen molar-refractivity contribution in [3.8, 4) is 5.75 Å². The topological polar surface area (TPSA) is 77.5 Å². The zero-order chi connectivity index (χ0) is 16.8. The Morgan fingerprint density at radius 2 is 2.00 bits per heavy atom. The zero-order valence-electron chi connectivity index (χ0n) is 12.6. The van der Waals surface area contributed by atoms with Crippen LogP contribution in [0.5, 0.6) is 5.75 Å². The third kappa shape index (κ3) is 3.98. The number of hydrogen-bond donors (Lipinski definition) is 1. The van der Waals surface area contributed by atoms with Crippen LogP contribution in [0, 0.1) is 0 Å². The summed E-state index contributed by atoms with van der Waals surface area (Å²) in [6.45, 7) is 0.220. The third-order valence-corrected chi connectivity index (χ3v) is 3.43. The summed E-state index contributed by atoms with van der Waals surface area (Å²) < 4.78 is 9.83. The Hall–Kier alpha value is -2.60. The van der Waals surface area contributed by atoms with E-state index in [2.05, 4.69) is 10.3 Å². The van der Waals surface area contributed by atoms with E-state index in [-0.39, 0.29) is 23.2 Å². The van der Waals surface area contributed by atoms with Gasteiger partial charge >= 0.3 is 5.97 Å². The number of benzene rings is 1. The Labute approximate surface area is 138 Å². The standard InChI is InChI=1S/C16H15ClN2O4/c1-22-13-6-5-10(8-12(13)16(21)23-2)9-19-15(20)11-4-3-7-18-14(11)17/h3-8H,9H2,1-2H3,(H,19,20). The average molecular weight is 335 g/mol. The number of nitrogens with one attached hydrogen (secondary N) is 1. The molecule has 0 saturated carbocycles. The van der Waals surface area contributed by atoms with E-state index in [1.807, 2.05) is 0 Å². The van der Waals surface area contributed by atoms with E-state index in [0.29, 0.717) is 11.3 Å². The van der Waals surface area contributed by atoms with Crippen molar-refractivity contribution in [3.05, 3.63) is 58.4 Å². The van der Waals surface area contributed by atoms with Crippen LogP contribution in [0.2, 0.25) is 5.15 Å². The van der Waals surface area contributed by atoms with Gasteiger partial charge in [-0.15, -0.1) is 0 Å². The number of amides is 1. The minimum atomic E-state index is -0.509. The first kappa shape index (κ1) is 16.8. The molecule has 23 heavy (non-hydrogen) atoms. The van der Waals surface area contributed by atoms with E-state index in [1.54, 1.807) is 30.3 Å². The molecule has 1 heterocycles. The fraction of sp³-hybridized carbons (Fsp3) is 0.188. The molecule has 0 fully saturated rings. The largest absolute Gasteiger partial charge is 0.496 e. The first-order chi connectivity index (χ1) is 11.1. The highest BCUT2D eigenvalue weighted by atomic mass is 35.5. The first-order valence-corrected chi connectivity index (χ1v) is 7.08. The maximum Gasteiger partial charge on any atom is 0.341 e. The fourth-order valence-corrected chi connectivity index (χ4v) is 2.17. The van der Waals surface area contributed by atoms with Gasteiger partial charge in [0, 0.05) is 12.7 Å². The molecule has 6 nitrogen and oxygen atoms in total. The van der Waals surface area contributed by atoms with Crippen LogP contribution >= 0.6 is 11.6 Å². The van der Waals surface area contributed by atoms with E-state index >= 15 is 0 Å². The van der Waals surface area contributed by atoms with Crippen LogP contribution in [0.15, 0.2) is 36.5 Å². The summed E-state index contributed by atoms with van der Waals surface area (Å²) in [4.78, 5) is 27.7. The summed E-state index contributed by atoms with van der Waals surface area (Å²) >= 11 is 5.88. The first-order valence-electron chi connectivity index (χ1n) is 6.70. The van der Waals surface area contributed by atoms with Crippen molar-refractivity contribution in [2.75, 3.05) is 14.2 Å². The van der Waals surface area contributed by atoms with Gasteiger partial charge in [0.25, 0.3) is 5.91 Å². The molecular weight excluding hydrogens is 320 g/mol. The molecule has 0 aliphatic carbocycles. The predicted molar refractivity (Wildman–Crippen MR) is 84.8 cm³/mol. The van der Waals surface area contributed by atoms with Crippen LogP contribution in [0.3, 0.4) is 0 Å². The van der Waals surface area contributed by atoms with Gasteiger partial charge < -0.3 is 14.8 Å². The SMILES string of the molecule is COC(=O)c1cc(CNC(=O)c2cccnc2Cl)ccc1OC. The van der Waals surface area contributed by atoms with Gasteiger partial charge in [-0.2, -0.15) is 0 Å². The second kappa shape index (κ2) is 7.60. The number of ether oxygens (including phenoxy) is 2. The highest BCUT2D eigenvalue weighted by molar-refractivity contribution is 6.32. The van der Waals surface area contributed by atoms with Crippen LogP contribution in [0.1, 0.15) is 26.3 Å². The highest BCUT2D eigenvalue weighted by Crippen LogP contribution is 2.21. The van der Waals surface area contributed by atoms with E-state index in [4.69, 9.17) is 21.1 Å². The zero-order valence-corrected chi connectivity index (χ0v) is 13.4. The van der Waals surface area contributed by atoms with Gasteiger partial charge in [-0.05, 0) is 29.8 Å². The van der Waals surface area contributed by atoms with E-state index in [0.717, 1.165) is 5.56 Å². The predicted octanol–water partition coefficient (Wildman–Crippen LogP) is 2.46. The van der Waals surface area contributed by atoms with E-state index in [1.165, 1.54) is 20.4 Å². The molecule has 1 aromatic carbocycles. The lowest BCUT2D eigenvalue weighted by molar-refractivity contribution is 0.0597.